The largest absolute Gasteiger partial charge is 0.489 e. The fraction of sp³-hybridized carbons (Fsp3) is 0.588. The normalized spacial score (nSPS) is 24.0. The van der Waals surface area contributed by atoms with E-state index in [9.17, 15) is 13.2 Å². The molecule has 0 aliphatic heterocycles. The molecule has 3 nitrogen and oxygen atoms in total. The van der Waals surface area contributed by atoms with Crippen molar-refractivity contribution in [1.82, 2.24) is 0 Å². The van der Waals surface area contributed by atoms with Crippen molar-refractivity contribution in [3.05, 3.63) is 28.8 Å². The molecule has 0 unspecified atom stereocenters. The van der Waals surface area contributed by atoms with Crippen LogP contribution in [0.15, 0.2) is 18.2 Å². The lowest BCUT2D eigenvalue weighted by Gasteiger charge is -2.61. The topological polar surface area (TPSA) is 59.0 Å². The molecule has 2 rings (SSSR count). The van der Waals surface area contributed by atoms with Crippen molar-refractivity contribution in [2.75, 3.05) is 0 Å². The third-order valence-corrected chi connectivity index (χ3v) is 4.58. The summed E-state index contributed by atoms with van der Waals surface area (Å²) in [5.41, 5.74) is 6.50. The van der Waals surface area contributed by atoms with Gasteiger partial charge in [-0.15, -0.1) is 0 Å². The monoisotopic (exact) mass is 362 g/mol. The maximum absolute atomic E-state index is 10.4. The lowest BCUT2D eigenvalue weighted by atomic mass is 9.50. The quantitative estimate of drug-likeness (QED) is 0.812. The van der Waals surface area contributed by atoms with E-state index in [-0.39, 0.29) is 29.9 Å². The first-order valence-electron chi connectivity index (χ1n) is 7.40. The van der Waals surface area contributed by atoms with E-state index in [1.165, 1.54) is 0 Å². The molecule has 0 bridgehead atoms. The Morgan fingerprint density at radius 3 is 2.04 bits per heavy atom. The summed E-state index contributed by atoms with van der Waals surface area (Å²) in [5.74, 6) is 0.682. The van der Waals surface area contributed by atoms with Gasteiger partial charge in [-0.25, -0.2) is 0 Å². The Morgan fingerprint density at radius 2 is 1.67 bits per heavy atom. The molecule has 7 heteroatoms. The Labute approximate surface area is 145 Å². The van der Waals surface area contributed by atoms with Crippen LogP contribution in [0.4, 0.5) is 13.2 Å². The van der Waals surface area contributed by atoms with E-state index in [1.807, 2.05) is 6.07 Å². The molecule has 1 aromatic rings. The smallest absolute Gasteiger partial charge is 0.386 e. The van der Waals surface area contributed by atoms with Gasteiger partial charge in [0.2, 0.25) is 0 Å². The van der Waals surface area contributed by atoms with Crippen molar-refractivity contribution in [2.45, 2.75) is 52.9 Å². The zero-order valence-electron chi connectivity index (χ0n) is 14.3. The number of nitrogens with two attached hydrogens (primary N) is 1. The number of nitriles is 1. The van der Waals surface area contributed by atoms with Crippen molar-refractivity contribution >= 4 is 11.6 Å². The van der Waals surface area contributed by atoms with Crippen molar-refractivity contribution in [1.29, 1.82) is 5.26 Å². The average Bonchev–Trinajstić information content (AvgIpc) is 2.42. The number of alkyl halides is 3. The first-order valence-corrected chi connectivity index (χ1v) is 7.77. The second-order valence-electron chi connectivity index (χ2n) is 7.15. The standard InChI is InChI=1S/C15H19ClN2O.C2H3F3/c1-14(2)12(18)15(3,4)13(14)19-10-6-5-9(8-17)11(16)7-10;1-2(3,4)5/h5-7,12-13H,18H2,1-4H3;1H3. The Morgan fingerprint density at radius 1 is 1.21 bits per heavy atom. The van der Waals surface area contributed by atoms with E-state index in [0.29, 0.717) is 16.3 Å². The van der Waals surface area contributed by atoms with Crippen LogP contribution in [0.5, 0.6) is 5.75 Å². The van der Waals surface area contributed by atoms with E-state index in [4.69, 9.17) is 27.3 Å². The Kier molecular flexibility index (Phi) is 5.85. The molecule has 1 aliphatic rings. The van der Waals surface area contributed by atoms with Crippen LogP contribution < -0.4 is 10.5 Å². The molecule has 2 N–H and O–H groups in total. The molecule has 1 fully saturated rings. The summed E-state index contributed by atoms with van der Waals surface area (Å²) in [5, 5.41) is 9.27. The highest BCUT2D eigenvalue weighted by molar-refractivity contribution is 6.31. The summed E-state index contributed by atoms with van der Waals surface area (Å²) in [4.78, 5) is 0. The number of hydrogen-bond donors (Lipinski definition) is 1. The van der Waals surface area contributed by atoms with Gasteiger partial charge < -0.3 is 10.5 Å². The van der Waals surface area contributed by atoms with Crippen LogP contribution in [0, 0.1) is 22.2 Å². The van der Waals surface area contributed by atoms with E-state index in [0.717, 1.165) is 0 Å². The van der Waals surface area contributed by atoms with Crippen LogP contribution in [0.1, 0.15) is 40.2 Å². The van der Waals surface area contributed by atoms with Gasteiger partial charge in [-0.05, 0) is 12.1 Å². The number of ether oxygens (including phenoxy) is 1. The first-order chi connectivity index (χ1) is 10.7. The lowest BCUT2D eigenvalue weighted by Crippen LogP contribution is -2.72. The summed E-state index contributed by atoms with van der Waals surface area (Å²) in [6.45, 7) is 8.63. The third-order valence-electron chi connectivity index (χ3n) is 4.27. The first kappa shape index (κ1) is 20.6. The summed E-state index contributed by atoms with van der Waals surface area (Å²) in [6, 6.07) is 7.28. The molecule has 0 heterocycles. The molecule has 1 aliphatic carbocycles. The van der Waals surface area contributed by atoms with Crippen LogP contribution in [0.2, 0.25) is 5.02 Å². The number of benzene rings is 1. The van der Waals surface area contributed by atoms with Crippen molar-refractivity contribution in [3.63, 3.8) is 0 Å². The molecule has 0 spiro atoms. The van der Waals surface area contributed by atoms with E-state index < -0.39 is 6.18 Å². The molecular formula is C17H22ClF3N2O. The van der Waals surface area contributed by atoms with Crippen LogP contribution in [0.25, 0.3) is 0 Å². The van der Waals surface area contributed by atoms with Gasteiger partial charge in [-0.3, -0.25) is 0 Å². The number of nitrogens with zero attached hydrogens (tertiary/aromatic N) is 1. The molecule has 0 amide bonds. The summed E-state index contributed by atoms with van der Waals surface area (Å²) in [7, 11) is 0. The van der Waals surface area contributed by atoms with Gasteiger partial charge in [0.05, 0.1) is 10.6 Å². The van der Waals surface area contributed by atoms with E-state index >= 15 is 0 Å². The Bertz CT molecular complexity index is 614. The molecule has 1 saturated carbocycles. The lowest BCUT2D eigenvalue weighted by molar-refractivity contribution is -0.155. The minimum Gasteiger partial charge on any atom is -0.489 e. The van der Waals surface area contributed by atoms with Gasteiger partial charge in [0.1, 0.15) is 17.9 Å². The fourth-order valence-electron chi connectivity index (χ4n) is 3.25. The predicted octanol–water partition coefficient (Wildman–Crippen LogP) is 4.92. The van der Waals surface area contributed by atoms with Gasteiger partial charge in [0, 0.05) is 29.9 Å². The zero-order chi connectivity index (χ0) is 18.9. The molecule has 24 heavy (non-hydrogen) atoms. The van der Waals surface area contributed by atoms with Crippen molar-refractivity contribution < 1.29 is 17.9 Å². The van der Waals surface area contributed by atoms with Gasteiger partial charge in [-0.1, -0.05) is 39.3 Å². The SMILES string of the molecule is CC(F)(F)F.CC1(C)C(N)C(C)(C)C1Oc1ccc(C#N)c(Cl)c1. The average molecular weight is 363 g/mol. The van der Waals surface area contributed by atoms with Gasteiger partial charge >= 0.3 is 6.18 Å². The van der Waals surface area contributed by atoms with Gasteiger partial charge in [-0.2, -0.15) is 18.4 Å². The van der Waals surface area contributed by atoms with E-state index in [2.05, 4.69) is 27.7 Å². The number of rotatable bonds is 2. The molecule has 0 atom stereocenters. The molecule has 0 aromatic heterocycles. The van der Waals surface area contributed by atoms with Gasteiger partial charge in [0.15, 0.2) is 0 Å². The summed E-state index contributed by atoms with van der Waals surface area (Å²) in [6.07, 6.45) is -3.97. The molecule has 134 valence electrons. The van der Waals surface area contributed by atoms with Crippen LogP contribution >= 0.6 is 11.6 Å². The summed E-state index contributed by atoms with van der Waals surface area (Å²) >= 11 is 6.02. The van der Waals surface area contributed by atoms with Crippen LogP contribution in [0.3, 0.4) is 0 Å². The molecular weight excluding hydrogens is 341 g/mol. The maximum atomic E-state index is 10.4. The minimum absolute atomic E-state index is 0.0269. The van der Waals surface area contributed by atoms with Crippen molar-refractivity contribution in [3.8, 4) is 11.8 Å². The molecule has 0 radical (unpaired) electrons. The minimum atomic E-state index is -4.00. The highest BCUT2D eigenvalue weighted by Crippen LogP contribution is 2.54. The summed E-state index contributed by atoms with van der Waals surface area (Å²) < 4.78 is 37.1. The van der Waals surface area contributed by atoms with Crippen LogP contribution in [-0.4, -0.2) is 18.3 Å². The molecule has 1 aromatic carbocycles. The maximum Gasteiger partial charge on any atom is 0.386 e. The highest BCUT2D eigenvalue weighted by Gasteiger charge is 2.61. The highest BCUT2D eigenvalue weighted by atomic mass is 35.5. The Balaban J connectivity index is 0.000000505. The van der Waals surface area contributed by atoms with Crippen LogP contribution in [-0.2, 0) is 0 Å². The van der Waals surface area contributed by atoms with Gasteiger partial charge in [0.25, 0.3) is 0 Å². The van der Waals surface area contributed by atoms with Crippen molar-refractivity contribution in [2.24, 2.45) is 16.6 Å². The predicted molar refractivity (Wildman–Crippen MR) is 87.8 cm³/mol. The Hall–Kier alpha value is -1.45. The zero-order valence-corrected chi connectivity index (χ0v) is 15.1. The molecule has 0 saturated heterocycles. The third kappa shape index (κ3) is 4.55. The second kappa shape index (κ2) is 6.81. The van der Waals surface area contributed by atoms with E-state index in [1.54, 1.807) is 18.2 Å². The second-order valence-corrected chi connectivity index (χ2v) is 7.56. The number of halogens is 4. The number of hydrogen-bond acceptors (Lipinski definition) is 3. The fourth-order valence-corrected chi connectivity index (χ4v) is 3.46.